The van der Waals surface area contributed by atoms with Crippen LogP contribution < -0.4 is 5.73 Å². The van der Waals surface area contributed by atoms with Crippen LogP contribution in [0, 0.1) is 5.92 Å². The summed E-state index contributed by atoms with van der Waals surface area (Å²) in [4.78, 5) is 28.1. The van der Waals surface area contributed by atoms with E-state index in [2.05, 4.69) is 0 Å². The minimum Gasteiger partial charge on any atom is -0.342 e. The average molecular weight is 290 g/mol. The Hall–Kier alpha value is -0.810. The third kappa shape index (κ3) is 2.87. The van der Waals surface area contributed by atoms with E-state index in [1.807, 2.05) is 13.8 Å². The number of nitrogens with zero attached hydrogens (tertiary/aromatic N) is 2. The summed E-state index contributed by atoms with van der Waals surface area (Å²) in [7, 11) is 1.79. The van der Waals surface area contributed by atoms with Gasteiger partial charge in [0.1, 0.15) is 5.54 Å². The maximum absolute atomic E-state index is 12.5. The minimum atomic E-state index is -0.725. The van der Waals surface area contributed by atoms with Gasteiger partial charge in [-0.05, 0) is 33.1 Å². The van der Waals surface area contributed by atoms with Gasteiger partial charge in [0.25, 0.3) is 0 Å². The number of piperazine rings is 1. The Morgan fingerprint density at radius 3 is 2.47 bits per heavy atom. The van der Waals surface area contributed by atoms with Crippen molar-refractivity contribution in [3.8, 4) is 0 Å². The Labute approximate surface area is 120 Å². The average Bonchev–Trinajstić information content (AvgIpc) is 2.72. The van der Waals surface area contributed by atoms with Gasteiger partial charge < -0.3 is 15.5 Å². The van der Waals surface area contributed by atoms with Crippen LogP contribution in [0.15, 0.2) is 0 Å². The molecule has 2 aliphatic rings. The zero-order valence-electron chi connectivity index (χ0n) is 11.9. The first-order chi connectivity index (χ1) is 8.34. The fourth-order valence-electron chi connectivity index (χ4n) is 3.06. The molecule has 0 radical (unpaired) electrons. The molecule has 1 aliphatic carbocycles. The van der Waals surface area contributed by atoms with Gasteiger partial charge in [0.15, 0.2) is 0 Å². The van der Waals surface area contributed by atoms with E-state index in [1.165, 1.54) is 0 Å². The first kappa shape index (κ1) is 16.2. The van der Waals surface area contributed by atoms with Gasteiger partial charge in [-0.1, -0.05) is 0 Å². The molecule has 19 heavy (non-hydrogen) atoms. The van der Waals surface area contributed by atoms with Crippen LogP contribution in [0.5, 0.6) is 0 Å². The maximum Gasteiger partial charge on any atom is 0.247 e. The Kier molecular flexibility index (Phi) is 4.85. The molecule has 2 amide bonds. The molecule has 0 aromatic carbocycles. The summed E-state index contributed by atoms with van der Waals surface area (Å²) in [5.74, 6) is 0.134. The van der Waals surface area contributed by atoms with Crippen molar-refractivity contribution in [2.24, 2.45) is 11.7 Å². The Morgan fingerprint density at radius 2 is 1.95 bits per heavy atom. The molecule has 0 aromatic heterocycles. The highest BCUT2D eigenvalue weighted by molar-refractivity contribution is 5.92. The van der Waals surface area contributed by atoms with Crippen LogP contribution >= 0.6 is 12.4 Å². The van der Waals surface area contributed by atoms with E-state index in [-0.39, 0.29) is 36.2 Å². The molecule has 2 unspecified atom stereocenters. The van der Waals surface area contributed by atoms with E-state index in [0.717, 1.165) is 19.3 Å². The second-order valence-corrected chi connectivity index (χ2v) is 6.05. The second-order valence-electron chi connectivity index (χ2n) is 6.05. The highest BCUT2D eigenvalue weighted by atomic mass is 35.5. The lowest BCUT2D eigenvalue weighted by atomic mass is 9.94. The summed E-state index contributed by atoms with van der Waals surface area (Å²) in [5, 5.41) is 0. The summed E-state index contributed by atoms with van der Waals surface area (Å²) in [5.41, 5.74) is 5.14. The molecule has 2 N–H and O–H groups in total. The van der Waals surface area contributed by atoms with Crippen LogP contribution in [0.4, 0.5) is 0 Å². The molecule has 1 saturated carbocycles. The SMILES string of the molecule is CN1CCN(C(=O)C2CCC(N)C2)C(C)(C)C1=O.Cl. The van der Waals surface area contributed by atoms with Gasteiger partial charge in [-0.25, -0.2) is 0 Å². The number of hydrogen-bond acceptors (Lipinski definition) is 3. The number of likely N-dealkylation sites (N-methyl/N-ethyl adjacent to an activating group) is 1. The largest absolute Gasteiger partial charge is 0.342 e. The fraction of sp³-hybridized carbons (Fsp3) is 0.846. The molecular formula is C13H24ClN3O2. The number of hydrogen-bond donors (Lipinski definition) is 1. The van der Waals surface area contributed by atoms with Crippen LogP contribution in [0.2, 0.25) is 0 Å². The smallest absolute Gasteiger partial charge is 0.247 e. The van der Waals surface area contributed by atoms with Crippen molar-refractivity contribution in [2.45, 2.75) is 44.7 Å². The number of carbonyl (C=O) groups excluding carboxylic acids is 2. The number of rotatable bonds is 1. The third-order valence-electron chi connectivity index (χ3n) is 4.29. The molecule has 1 heterocycles. The van der Waals surface area contributed by atoms with E-state index >= 15 is 0 Å². The summed E-state index contributed by atoms with van der Waals surface area (Å²) in [6.45, 7) is 4.90. The molecule has 110 valence electrons. The molecule has 2 fully saturated rings. The molecule has 0 spiro atoms. The quantitative estimate of drug-likeness (QED) is 0.769. The normalized spacial score (nSPS) is 30.2. The van der Waals surface area contributed by atoms with Crippen molar-refractivity contribution < 1.29 is 9.59 Å². The van der Waals surface area contributed by atoms with E-state index in [0.29, 0.717) is 13.1 Å². The van der Waals surface area contributed by atoms with Crippen LogP contribution in [0.25, 0.3) is 0 Å². The molecule has 0 aromatic rings. The van der Waals surface area contributed by atoms with Crippen molar-refractivity contribution >= 4 is 24.2 Å². The summed E-state index contributed by atoms with van der Waals surface area (Å²) >= 11 is 0. The van der Waals surface area contributed by atoms with E-state index in [4.69, 9.17) is 5.73 Å². The summed E-state index contributed by atoms with van der Waals surface area (Å²) in [6, 6.07) is 0.144. The topological polar surface area (TPSA) is 66.6 Å². The maximum atomic E-state index is 12.5. The highest BCUT2D eigenvalue weighted by Gasteiger charge is 2.45. The van der Waals surface area contributed by atoms with Crippen LogP contribution in [-0.4, -0.2) is 53.3 Å². The lowest BCUT2D eigenvalue weighted by Crippen LogP contribution is -2.64. The van der Waals surface area contributed by atoms with Gasteiger partial charge >= 0.3 is 0 Å². The summed E-state index contributed by atoms with van der Waals surface area (Å²) in [6.07, 6.45) is 2.53. The van der Waals surface area contributed by atoms with Crippen molar-refractivity contribution in [2.75, 3.05) is 20.1 Å². The predicted molar refractivity (Wildman–Crippen MR) is 76.0 cm³/mol. The molecular weight excluding hydrogens is 266 g/mol. The number of nitrogens with two attached hydrogens (primary N) is 1. The zero-order valence-corrected chi connectivity index (χ0v) is 12.7. The third-order valence-corrected chi connectivity index (χ3v) is 4.29. The van der Waals surface area contributed by atoms with Gasteiger partial charge in [-0.15, -0.1) is 12.4 Å². The Balaban J connectivity index is 0.00000180. The first-order valence-electron chi connectivity index (χ1n) is 6.66. The van der Waals surface area contributed by atoms with Crippen molar-refractivity contribution in [1.29, 1.82) is 0 Å². The zero-order chi connectivity index (χ0) is 13.5. The van der Waals surface area contributed by atoms with Crippen molar-refractivity contribution in [3.05, 3.63) is 0 Å². The van der Waals surface area contributed by atoms with E-state index < -0.39 is 5.54 Å². The number of amides is 2. The standard InChI is InChI=1S/C13H23N3O2.ClH/c1-13(2)12(18)15(3)6-7-16(13)11(17)9-4-5-10(14)8-9;/h9-10H,4-8,14H2,1-3H3;1H. The first-order valence-corrected chi connectivity index (χ1v) is 6.66. The fourth-order valence-corrected chi connectivity index (χ4v) is 3.06. The van der Waals surface area contributed by atoms with E-state index in [1.54, 1.807) is 16.8 Å². The molecule has 2 atom stereocenters. The predicted octanol–water partition coefficient (Wildman–Crippen LogP) is 0.615. The Bertz CT molecular complexity index is 373. The monoisotopic (exact) mass is 289 g/mol. The molecule has 2 rings (SSSR count). The van der Waals surface area contributed by atoms with Gasteiger partial charge in [-0.2, -0.15) is 0 Å². The molecule has 0 bridgehead atoms. The van der Waals surface area contributed by atoms with Crippen LogP contribution in [0.1, 0.15) is 33.1 Å². The Morgan fingerprint density at radius 1 is 1.32 bits per heavy atom. The van der Waals surface area contributed by atoms with Crippen molar-refractivity contribution in [1.82, 2.24) is 9.80 Å². The van der Waals surface area contributed by atoms with Gasteiger partial charge in [0.05, 0.1) is 0 Å². The number of carbonyl (C=O) groups is 2. The summed E-state index contributed by atoms with van der Waals surface area (Å²) < 4.78 is 0. The van der Waals surface area contributed by atoms with Gasteiger partial charge in [-0.3, -0.25) is 9.59 Å². The van der Waals surface area contributed by atoms with Gasteiger partial charge in [0, 0.05) is 32.1 Å². The number of halogens is 1. The van der Waals surface area contributed by atoms with E-state index in [9.17, 15) is 9.59 Å². The second kappa shape index (κ2) is 5.67. The lowest BCUT2D eigenvalue weighted by Gasteiger charge is -2.45. The molecule has 5 nitrogen and oxygen atoms in total. The van der Waals surface area contributed by atoms with Crippen LogP contribution in [-0.2, 0) is 9.59 Å². The molecule has 1 aliphatic heterocycles. The molecule has 6 heteroatoms. The minimum absolute atomic E-state index is 0. The molecule has 1 saturated heterocycles. The van der Waals surface area contributed by atoms with Crippen molar-refractivity contribution in [3.63, 3.8) is 0 Å². The van der Waals surface area contributed by atoms with Crippen LogP contribution in [0.3, 0.4) is 0 Å². The lowest BCUT2D eigenvalue weighted by molar-refractivity contribution is -0.159. The van der Waals surface area contributed by atoms with Gasteiger partial charge in [0.2, 0.25) is 11.8 Å². The highest BCUT2D eigenvalue weighted by Crippen LogP contribution is 2.30.